The number of carbonyl (C=O) groups excluding carboxylic acids is 1. The summed E-state index contributed by atoms with van der Waals surface area (Å²) >= 11 is 0. The number of esters is 1. The number of nitrogens with one attached hydrogen (secondary N) is 1. The molecule has 2 N–H and O–H groups in total. The molecule has 0 aliphatic rings. The monoisotopic (exact) mass is 275 g/mol. The molecule has 4 nitrogen and oxygen atoms in total. The van der Waals surface area contributed by atoms with Crippen molar-refractivity contribution in [1.82, 2.24) is 0 Å². The van der Waals surface area contributed by atoms with Gasteiger partial charge in [0.05, 0.1) is 12.8 Å². The zero-order chi connectivity index (χ0) is 14.5. The molecule has 0 amide bonds. The molecule has 2 rings (SSSR count). The van der Waals surface area contributed by atoms with Crippen molar-refractivity contribution in [3.63, 3.8) is 0 Å². The number of benzene rings is 2. The van der Waals surface area contributed by atoms with Crippen LogP contribution < -0.4 is 5.32 Å². The largest absolute Gasteiger partial charge is 0.508 e. The topological polar surface area (TPSA) is 58.6 Å². The number of phenols is 1. The van der Waals surface area contributed by atoms with Crippen LogP contribution in [-0.4, -0.2) is 18.2 Å². The smallest absolute Gasteiger partial charge is 0.332 e. The highest BCUT2D eigenvalue weighted by molar-refractivity contribution is 5.81. The maximum Gasteiger partial charge on any atom is 0.332 e. The van der Waals surface area contributed by atoms with Crippen molar-refractivity contribution in [3.05, 3.63) is 59.9 Å². The van der Waals surface area contributed by atoms with Gasteiger partial charge in [-0.2, -0.15) is 0 Å². The number of rotatable bonds is 4. The van der Waals surface area contributed by atoms with Gasteiger partial charge in [0.1, 0.15) is 11.6 Å². The first kappa shape index (κ1) is 13.9. The SMILES string of the molecule is COC(=O)C(Nc1ccccc1F)c1cccc(O)c1. The van der Waals surface area contributed by atoms with Crippen molar-refractivity contribution in [1.29, 1.82) is 0 Å². The average molecular weight is 275 g/mol. The van der Waals surface area contributed by atoms with Crippen LogP contribution in [0.4, 0.5) is 10.1 Å². The van der Waals surface area contributed by atoms with Gasteiger partial charge in [0, 0.05) is 0 Å². The second-order valence-corrected chi connectivity index (χ2v) is 4.18. The summed E-state index contributed by atoms with van der Waals surface area (Å²) in [5.74, 6) is -1.02. The van der Waals surface area contributed by atoms with Crippen molar-refractivity contribution in [3.8, 4) is 5.75 Å². The molecule has 0 radical (unpaired) electrons. The molecule has 104 valence electrons. The van der Waals surface area contributed by atoms with Crippen LogP contribution in [-0.2, 0) is 9.53 Å². The number of aromatic hydroxyl groups is 1. The van der Waals surface area contributed by atoms with Crippen LogP contribution in [0.2, 0.25) is 0 Å². The summed E-state index contributed by atoms with van der Waals surface area (Å²) in [5, 5.41) is 12.3. The predicted octanol–water partition coefficient (Wildman–Crippen LogP) is 2.86. The molecule has 2 aromatic carbocycles. The average Bonchev–Trinajstić information content (AvgIpc) is 2.45. The standard InChI is InChI=1S/C15H14FNO3/c1-20-15(19)14(10-5-4-6-11(18)9-10)17-13-8-3-2-7-12(13)16/h2-9,14,17-18H,1H3. The molecular weight excluding hydrogens is 261 g/mol. The molecule has 1 unspecified atom stereocenters. The van der Waals surface area contributed by atoms with Crippen molar-refractivity contribution < 1.29 is 19.0 Å². The highest BCUT2D eigenvalue weighted by Crippen LogP contribution is 2.25. The van der Waals surface area contributed by atoms with Gasteiger partial charge in [-0.05, 0) is 29.8 Å². The summed E-state index contributed by atoms with van der Waals surface area (Å²) in [6.07, 6.45) is 0. The lowest BCUT2D eigenvalue weighted by molar-refractivity contribution is -0.141. The summed E-state index contributed by atoms with van der Waals surface area (Å²) in [5.41, 5.74) is 0.673. The van der Waals surface area contributed by atoms with E-state index in [1.165, 1.54) is 31.4 Å². The normalized spacial score (nSPS) is 11.7. The Morgan fingerprint density at radius 2 is 2.00 bits per heavy atom. The van der Waals surface area contributed by atoms with Crippen LogP contribution in [0.5, 0.6) is 5.75 Å². The van der Waals surface area contributed by atoms with Gasteiger partial charge in [-0.15, -0.1) is 0 Å². The van der Waals surface area contributed by atoms with Gasteiger partial charge < -0.3 is 15.2 Å². The van der Waals surface area contributed by atoms with E-state index in [-0.39, 0.29) is 11.4 Å². The van der Waals surface area contributed by atoms with Crippen molar-refractivity contribution in [2.45, 2.75) is 6.04 Å². The highest BCUT2D eigenvalue weighted by atomic mass is 19.1. The Kier molecular flexibility index (Phi) is 4.20. The van der Waals surface area contributed by atoms with Crippen LogP contribution in [0.3, 0.4) is 0 Å². The van der Waals surface area contributed by atoms with Gasteiger partial charge in [0.15, 0.2) is 6.04 Å². The molecule has 0 saturated heterocycles. The Morgan fingerprint density at radius 3 is 2.65 bits per heavy atom. The molecule has 0 bridgehead atoms. The molecule has 0 aromatic heterocycles. The molecule has 5 heteroatoms. The number of hydrogen-bond acceptors (Lipinski definition) is 4. The summed E-state index contributed by atoms with van der Waals surface area (Å²) in [6, 6.07) is 11.3. The minimum absolute atomic E-state index is 0.0201. The van der Waals surface area contributed by atoms with Gasteiger partial charge in [-0.3, -0.25) is 0 Å². The number of halogens is 1. The summed E-state index contributed by atoms with van der Waals surface area (Å²) < 4.78 is 18.4. The predicted molar refractivity (Wildman–Crippen MR) is 72.9 cm³/mol. The Balaban J connectivity index is 2.34. The van der Waals surface area contributed by atoms with Crippen LogP contribution in [0, 0.1) is 5.82 Å². The number of para-hydroxylation sites is 1. The van der Waals surface area contributed by atoms with E-state index in [1.54, 1.807) is 24.3 Å². The van der Waals surface area contributed by atoms with Crippen LogP contribution in [0.25, 0.3) is 0 Å². The van der Waals surface area contributed by atoms with Crippen LogP contribution in [0.1, 0.15) is 11.6 Å². The van der Waals surface area contributed by atoms with Gasteiger partial charge in [-0.1, -0.05) is 24.3 Å². The Bertz CT molecular complexity index is 616. The zero-order valence-electron chi connectivity index (χ0n) is 10.8. The lowest BCUT2D eigenvalue weighted by atomic mass is 10.1. The third kappa shape index (κ3) is 3.06. The number of anilines is 1. The fourth-order valence-electron chi connectivity index (χ4n) is 1.83. The summed E-state index contributed by atoms with van der Waals surface area (Å²) in [4.78, 5) is 11.9. The van der Waals surface area contributed by atoms with Gasteiger partial charge in [0.25, 0.3) is 0 Å². The Hall–Kier alpha value is -2.56. The van der Waals surface area contributed by atoms with Crippen molar-refractivity contribution in [2.24, 2.45) is 0 Å². The lowest BCUT2D eigenvalue weighted by Crippen LogP contribution is -2.22. The van der Waals surface area contributed by atoms with Crippen LogP contribution in [0.15, 0.2) is 48.5 Å². The molecular formula is C15H14FNO3. The summed E-state index contributed by atoms with van der Waals surface area (Å²) in [7, 11) is 1.25. The molecule has 20 heavy (non-hydrogen) atoms. The van der Waals surface area contributed by atoms with Crippen molar-refractivity contribution >= 4 is 11.7 Å². The van der Waals surface area contributed by atoms with E-state index in [9.17, 15) is 14.3 Å². The van der Waals surface area contributed by atoms with Gasteiger partial charge >= 0.3 is 5.97 Å². The van der Waals surface area contributed by atoms with E-state index < -0.39 is 17.8 Å². The fraction of sp³-hybridized carbons (Fsp3) is 0.133. The third-order valence-electron chi connectivity index (χ3n) is 2.81. The molecule has 0 fully saturated rings. The first-order chi connectivity index (χ1) is 9.61. The van der Waals surface area contributed by atoms with E-state index in [0.717, 1.165) is 0 Å². The van der Waals surface area contributed by atoms with E-state index >= 15 is 0 Å². The molecule has 2 aromatic rings. The number of hydrogen-bond donors (Lipinski definition) is 2. The molecule has 0 heterocycles. The quantitative estimate of drug-likeness (QED) is 0.842. The van der Waals surface area contributed by atoms with E-state index in [2.05, 4.69) is 5.32 Å². The zero-order valence-corrected chi connectivity index (χ0v) is 10.8. The minimum atomic E-state index is -0.899. The van der Waals surface area contributed by atoms with Gasteiger partial charge in [-0.25, -0.2) is 9.18 Å². The van der Waals surface area contributed by atoms with E-state index in [0.29, 0.717) is 5.56 Å². The number of ether oxygens (including phenoxy) is 1. The number of methoxy groups -OCH3 is 1. The van der Waals surface area contributed by atoms with Crippen molar-refractivity contribution in [2.75, 3.05) is 12.4 Å². The molecule has 0 spiro atoms. The fourth-order valence-corrected chi connectivity index (χ4v) is 1.83. The van der Waals surface area contributed by atoms with Crippen LogP contribution >= 0.6 is 0 Å². The molecule has 0 saturated carbocycles. The van der Waals surface area contributed by atoms with E-state index in [1.807, 2.05) is 0 Å². The second-order valence-electron chi connectivity index (χ2n) is 4.18. The Morgan fingerprint density at radius 1 is 1.25 bits per heavy atom. The second kappa shape index (κ2) is 6.06. The Labute approximate surface area is 115 Å². The molecule has 1 atom stereocenters. The third-order valence-corrected chi connectivity index (χ3v) is 2.81. The highest BCUT2D eigenvalue weighted by Gasteiger charge is 2.22. The molecule has 0 aliphatic carbocycles. The number of phenolic OH excluding ortho intramolecular Hbond substituents is 1. The maximum atomic E-state index is 13.6. The van der Waals surface area contributed by atoms with Gasteiger partial charge in [0.2, 0.25) is 0 Å². The summed E-state index contributed by atoms with van der Waals surface area (Å²) in [6.45, 7) is 0. The maximum absolute atomic E-state index is 13.6. The first-order valence-electron chi connectivity index (χ1n) is 5.99. The lowest BCUT2D eigenvalue weighted by Gasteiger charge is -2.18. The first-order valence-corrected chi connectivity index (χ1v) is 5.99. The van der Waals surface area contributed by atoms with E-state index in [4.69, 9.17) is 4.74 Å². The molecule has 0 aliphatic heterocycles. The minimum Gasteiger partial charge on any atom is -0.508 e. The number of carbonyl (C=O) groups is 1.